The van der Waals surface area contributed by atoms with E-state index < -0.39 is 0 Å². The monoisotopic (exact) mass is 253 g/mol. The van der Waals surface area contributed by atoms with E-state index in [1.807, 2.05) is 17.7 Å². The summed E-state index contributed by atoms with van der Waals surface area (Å²) in [6.07, 6.45) is 8.30. The number of nitrogens with one attached hydrogen (secondary N) is 1. The lowest BCUT2D eigenvalue weighted by Gasteiger charge is -2.17. The Hall–Kier alpha value is -0.970. The first kappa shape index (κ1) is 12.5. The average molecular weight is 253 g/mol. The van der Waals surface area contributed by atoms with Crippen LogP contribution in [-0.2, 0) is 11.3 Å². The van der Waals surface area contributed by atoms with Gasteiger partial charge in [0.15, 0.2) is 0 Å². The minimum Gasteiger partial charge on any atom is -0.352 e. The normalized spacial score (nSPS) is 18.7. The quantitative estimate of drug-likeness (QED) is 0.755. The van der Waals surface area contributed by atoms with Crippen molar-refractivity contribution in [2.45, 2.75) is 38.8 Å². The van der Waals surface area contributed by atoms with Crippen LogP contribution in [0.2, 0.25) is 0 Å². The van der Waals surface area contributed by atoms with Crippen molar-refractivity contribution in [1.82, 2.24) is 14.9 Å². The van der Waals surface area contributed by atoms with Gasteiger partial charge in [-0.3, -0.25) is 4.79 Å². The summed E-state index contributed by atoms with van der Waals surface area (Å²) in [6, 6.07) is 0.132. The largest absolute Gasteiger partial charge is 0.352 e. The molecule has 17 heavy (non-hydrogen) atoms. The Bertz CT molecular complexity index is 373. The molecular weight excluding hydrogens is 234 g/mol. The summed E-state index contributed by atoms with van der Waals surface area (Å²) in [7, 11) is 0. The molecule has 0 aromatic carbocycles. The second-order valence-electron chi connectivity index (χ2n) is 5.06. The van der Waals surface area contributed by atoms with Gasteiger partial charge in [0, 0.05) is 31.4 Å². The van der Waals surface area contributed by atoms with Gasteiger partial charge in [0.1, 0.15) is 0 Å². The summed E-state index contributed by atoms with van der Waals surface area (Å²) in [4.78, 5) is 15.8. The van der Waals surface area contributed by atoms with Crippen LogP contribution in [0.25, 0.3) is 0 Å². The van der Waals surface area contributed by atoms with Crippen molar-refractivity contribution in [3.8, 4) is 0 Å². The minimum absolute atomic E-state index is 0.132. The highest BCUT2D eigenvalue weighted by atomic mass is 32.1. The third-order valence-electron chi connectivity index (χ3n) is 3.28. The molecule has 0 spiro atoms. The van der Waals surface area contributed by atoms with Crippen LogP contribution in [-0.4, -0.2) is 27.3 Å². The first-order valence-electron chi connectivity index (χ1n) is 5.99. The number of hydrogen-bond donors (Lipinski definition) is 2. The highest BCUT2D eigenvalue weighted by molar-refractivity contribution is 7.80. The predicted molar refractivity (Wildman–Crippen MR) is 70.0 cm³/mol. The van der Waals surface area contributed by atoms with Gasteiger partial charge in [-0.25, -0.2) is 4.98 Å². The number of imidazole rings is 1. The molecule has 94 valence electrons. The Morgan fingerprint density at radius 3 is 2.94 bits per heavy atom. The van der Waals surface area contributed by atoms with Gasteiger partial charge >= 0.3 is 0 Å². The van der Waals surface area contributed by atoms with E-state index >= 15 is 0 Å². The van der Waals surface area contributed by atoms with Crippen LogP contribution >= 0.6 is 12.6 Å². The topological polar surface area (TPSA) is 46.9 Å². The highest BCUT2D eigenvalue weighted by Crippen LogP contribution is 2.49. The number of rotatable bonds is 6. The van der Waals surface area contributed by atoms with Crippen molar-refractivity contribution in [2.24, 2.45) is 5.41 Å². The minimum atomic E-state index is 0.132. The van der Waals surface area contributed by atoms with Crippen LogP contribution in [0.15, 0.2) is 18.7 Å². The maximum atomic E-state index is 11.8. The van der Waals surface area contributed by atoms with Crippen LogP contribution in [0.3, 0.4) is 0 Å². The van der Waals surface area contributed by atoms with E-state index in [-0.39, 0.29) is 17.4 Å². The van der Waals surface area contributed by atoms with E-state index in [0.29, 0.717) is 6.42 Å². The molecule has 1 atom stereocenters. The lowest BCUT2D eigenvalue weighted by Crippen LogP contribution is -2.36. The van der Waals surface area contributed by atoms with E-state index in [2.05, 4.69) is 22.9 Å². The molecule has 0 saturated heterocycles. The van der Waals surface area contributed by atoms with Crippen molar-refractivity contribution < 1.29 is 4.79 Å². The number of hydrogen-bond acceptors (Lipinski definition) is 3. The second kappa shape index (κ2) is 5.12. The van der Waals surface area contributed by atoms with Crippen LogP contribution < -0.4 is 5.32 Å². The average Bonchev–Trinajstić information content (AvgIpc) is 2.85. The number of carbonyl (C=O) groups excluding carboxylic acids is 1. The zero-order chi connectivity index (χ0) is 12.3. The van der Waals surface area contributed by atoms with Crippen LogP contribution in [0.1, 0.15) is 26.2 Å². The van der Waals surface area contributed by atoms with Crippen LogP contribution in [0.4, 0.5) is 0 Å². The Labute approximate surface area is 107 Å². The first-order chi connectivity index (χ1) is 8.13. The van der Waals surface area contributed by atoms with Gasteiger partial charge in [0.05, 0.1) is 6.33 Å². The fraction of sp³-hybridized carbons (Fsp3) is 0.667. The Balaban J connectivity index is 1.74. The van der Waals surface area contributed by atoms with Gasteiger partial charge in [0.25, 0.3) is 0 Å². The predicted octanol–water partition coefficient (Wildman–Crippen LogP) is 1.49. The van der Waals surface area contributed by atoms with Crippen molar-refractivity contribution in [1.29, 1.82) is 0 Å². The lowest BCUT2D eigenvalue weighted by molar-refractivity contribution is -0.122. The van der Waals surface area contributed by atoms with Gasteiger partial charge in [0.2, 0.25) is 5.91 Å². The Morgan fingerprint density at radius 2 is 2.41 bits per heavy atom. The molecule has 1 aromatic rings. The van der Waals surface area contributed by atoms with Gasteiger partial charge < -0.3 is 9.88 Å². The van der Waals surface area contributed by atoms with Crippen LogP contribution in [0.5, 0.6) is 0 Å². The number of amides is 1. The first-order valence-corrected chi connectivity index (χ1v) is 6.63. The molecule has 1 aliphatic carbocycles. The second-order valence-corrected chi connectivity index (χ2v) is 5.38. The molecule has 2 rings (SSSR count). The molecule has 1 N–H and O–H groups in total. The maximum Gasteiger partial charge on any atom is 0.220 e. The third-order valence-corrected chi connectivity index (χ3v) is 3.95. The molecular formula is C12H19N3OS. The SMILES string of the molecule is CC(Cn1ccnc1)NC(=O)CC1(CS)CC1. The van der Waals surface area contributed by atoms with Crippen LogP contribution in [0, 0.1) is 5.41 Å². The standard InChI is InChI=1S/C12H19N3OS/c1-10(7-15-5-4-13-9-15)14-11(16)6-12(8-17)2-3-12/h4-5,9-10,17H,2-3,6-8H2,1H3,(H,14,16). The smallest absolute Gasteiger partial charge is 0.220 e. The molecule has 4 nitrogen and oxygen atoms in total. The highest BCUT2D eigenvalue weighted by Gasteiger charge is 2.42. The molecule has 1 amide bonds. The molecule has 0 radical (unpaired) electrons. The number of carbonyl (C=O) groups is 1. The number of nitrogens with zero attached hydrogens (tertiary/aromatic N) is 2. The summed E-state index contributed by atoms with van der Waals surface area (Å²) in [5.74, 6) is 0.959. The summed E-state index contributed by atoms with van der Waals surface area (Å²) < 4.78 is 1.97. The Morgan fingerprint density at radius 1 is 1.65 bits per heavy atom. The van der Waals surface area contributed by atoms with E-state index in [9.17, 15) is 4.79 Å². The fourth-order valence-electron chi connectivity index (χ4n) is 1.99. The van der Waals surface area contributed by atoms with E-state index in [1.54, 1.807) is 12.5 Å². The summed E-state index contributed by atoms with van der Waals surface area (Å²) in [5, 5.41) is 3.03. The lowest BCUT2D eigenvalue weighted by atomic mass is 10.0. The number of aromatic nitrogens is 2. The third kappa shape index (κ3) is 3.49. The molecule has 1 fully saturated rings. The van der Waals surface area contributed by atoms with Gasteiger partial charge in [-0.1, -0.05) is 0 Å². The molecule has 0 aliphatic heterocycles. The number of thiol groups is 1. The van der Waals surface area contributed by atoms with Gasteiger partial charge in [-0.2, -0.15) is 12.6 Å². The summed E-state index contributed by atoms with van der Waals surface area (Å²) in [5.41, 5.74) is 0.196. The van der Waals surface area contributed by atoms with Gasteiger partial charge in [-0.05, 0) is 30.9 Å². The van der Waals surface area contributed by atoms with E-state index in [4.69, 9.17) is 0 Å². The molecule has 1 unspecified atom stereocenters. The molecule has 0 bridgehead atoms. The van der Waals surface area contributed by atoms with Crippen molar-refractivity contribution in [3.05, 3.63) is 18.7 Å². The van der Waals surface area contributed by atoms with Gasteiger partial charge in [-0.15, -0.1) is 0 Å². The zero-order valence-electron chi connectivity index (χ0n) is 10.1. The van der Waals surface area contributed by atoms with Crippen molar-refractivity contribution in [3.63, 3.8) is 0 Å². The molecule has 1 aromatic heterocycles. The fourth-order valence-corrected chi connectivity index (χ4v) is 2.42. The summed E-state index contributed by atoms with van der Waals surface area (Å²) in [6.45, 7) is 2.78. The molecule has 1 heterocycles. The molecule has 1 aliphatic rings. The van der Waals surface area contributed by atoms with Crippen molar-refractivity contribution in [2.75, 3.05) is 5.75 Å². The van der Waals surface area contributed by atoms with E-state index in [1.165, 1.54) is 0 Å². The summed E-state index contributed by atoms with van der Waals surface area (Å²) >= 11 is 4.31. The van der Waals surface area contributed by atoms with Crippen molar-refractivity contribution >= 4 is 18.5 Å². The van der Waals surface area contributed by atoms with E-state index in [0.717, 1.165) is 25.1 Å². The molecule has 1 saturated carbocycles. The Kier molecular flexibility index (Phi) is 3.76. The maximum absolute atomic E-state index is 11.8. The zero-order valence-corrected chi connectivity index (χ0v) is 11.0. The molecule has 5 heteroatoms.